The standard InChI is InChI=1S/C18H18N4O/c1-3-22-13(2)16(15-8-4-5-9-17(15)22)12-20-21-18(23)14-7-6-10-19-11-14/h4-12H,3H2,1-2H3,(H,21,23). The van der Waals surface area contributed by atoms with Gasteiger partial charge in [-0.25, -0.2) is 5.43 Å². The highest BCUT2D eigenvalue weighted by molar-refractivity contribution is 6.02. The van der Waals surface area contributed by atoms with Crippen LogP contribution in [-0.2, 0) is 6.54 Å². The maximum Gasteiger partial charge on any atom is 0.272 e. The quantitative estimate of drug-likeness (QED) is 0.594. The number of para-hydroxylation sites is 1. The Hall–Kier alpha value is -2.95. The molecule has 0 unspecified atom stereocenters. The molecule has 5 heteroatoms. The summed E-state index contributed by atoms with van der Waals surface area (Å²) in [6.45, 7) is 5.07. The highest BCUT2D eigenvalue weighted by Gasteiger charge is 2.11. The van der Waals surface area contributed by atoms with Crippen molar-refractivity contribution >= 4 is 23.0 Å². The number of pyridine rings is 1. The van der Waals surface area contributed by atoms with Crippen molar-refractivity contribution in [2.75, 3.05) is 0 Å². The van der Waals surface area contributed by atoms with Crippen molar-refractivity contribution in [3.63, 3.8) is 0 Å². The number of hydrazone groups is 1. The van der Waals surface area contributed by atoms with Crippen LogP contribution in [-0.4, -0.2) is 21.7 Å². The Labute approximate surface area is 134 Å². The number of nitrogens with one attached hydrogen (secondary N) is 1. The third-order valence-electron chi connectivity index (χ3n) is 3.88. The van der Waals surface area contributed by atoms with Gasteiger partial charge in [-0.3, -0.25) is 9.78 Å². The Balaban J connectivity index is 1.87. The minimum atomic E-state index is -0.272. The van der Waals surface area contributed by atoms with Crippen LogP contribution in [0.15, 0.2) is 53.9 Å². The number of benzene rings is 1. The Morgan fingerprint density at radius 2 is 2.13 bits per heavy atom. The summed E-state index contributed by atoms with van der Waals surface area (Å²) in [7, 11) is 0. The van der Waals surface area contributed by atoms with Crippen LogP contribution < -0.4 is 5.43 Å². The number of amides is 1. The van der Waals surface area contributed by atoms with Crippen molar-refractivity contribution in [1.29, 1.82) is 0 Å². The summed E-state index contributed by atoms with van der Waals surface area (Å²) < 4.78 is 2.24. The molecular formula is C18H18N4O. The first kappa shape index (κ1) is 15.0. The van der Waals surface area contributed by atoms with E-state index in [2.05, 4.69) is 46.1 Å². The molecule has 2 heterocycles. The van der Waals surface area contributed by atoms with Crippen LogP contribution in [0.4, 0.5) is 0 Å². The molecule has 0 aliphatic heterocycles. The van der Waals surface area contributed by atoms with E-state index in [1.165, 1.54) is 11.7 Å². The van der Waals surface area contributed by atoms with E-state index in [0.29, 0.717) is 5.56 Å². The Bertz CT molecular complexity index is 865. The second-order valence-electron chi connectivity index (χ2n) is 5.20. The number of aryl methyl sites for hydroxylation is 1. The average Bonchev–Trinajstić information content (AvgIpc) is 2.87. The molecule has 0 atom stereocenters. The lowest BCUT2D eigenvalue weighted by atomic mass is 10.1. The van der Waals surface area contributed by atoms with E-state index in [0.717, 1.165) is 23.2 Å². The van der Waals surface area contributed by atoms with Crippen molar-refractivity contribution in [2.45, 2.75) is 20.4 Å². The van der Waals surface area contributed by atoms with Gasteiger partial charge in [-0.15, -0.1) is 0 Å². The molecule has 0 bridgehead atoms. The fraction of sp³-hybridized carbons (Fsp3) is 0.167. The second kappa shape index (κ2) is 6.44. The third-order valence-corrected chi connectivity index (χ3v) is 3.88. The van der Waals surface area contributed by atoms with Gasteiger partial charge in [-0.05, 0) is 32.0 Å². The molecule has 0 aliphatic carbocycles. The summed E-state index contributed by atoms with van der Waals surface area (Å²) in [6, 6.07) is 11.6. The minimum absolute atomic E-state index is 0.272. The summed E-state index contributed by atoms with van der Waals surface area (Å²) >= 11 is 0. The van der Waals surface area contributed by atoms with Crippen molar-refractivity contribution in [1.82, 2.24) is 15.0 Å². The Morgan fingerprint density at radius 1 is 1.30 bits per heavy atom. The average molecular weight is 306 g/mol. The molecule has 1 aromatic carbocycles. The fourth-order valence-electron chi connectivity index (χ4n) is 2.75. The molecule has 0 saturated carbocycles. The molecule has 1 amide bonds. The van der Waals surface area contributed by atoms with Gasteiger partial charge < -0.3 is 4.57 Å². The first-order valence-electron chi connectivity index (χ1n) is 7.53. The van der Waals surface area contributed by atoms with E-state index in [1.807, 2.05) is 12.1 Å². The zero-order valence-electron chi connectivity index (χ0n) is 13.2. The first-order chi connectivity index (χ1) is 11.2. The topological polar surface area (TPSA) is 59.3 Å². The molecule has 0 aliphatic rings. The smallest absolute Gasteiger partial charge is 0.272 e. The predicted molar refractivity (Wildman–Crippen MR) is 91.6 cm³/mol. The van der Waals surface area contributed by atoms with E-state index >= 15 is 0 Å². The molecule has 5 nitrogen and oxygen atoms in total. The Kier molecular flexibility index (Phi) is 4.19. The third kappa shape index (κ3) is 2.85. The first-order valence-corrected chi connectivity index (χ1v) is 7.53. The largest absolute Gasteiger partial charge is 0.344 e. The second-order valence-corrected chi connectivity index (χ2v) is 5.20. The number of fused-ring (bicyclic) bond motifs is 1. The monoisotopic (exact) mass is 306 g/mol. The summed E-state index contributed by atoms with van der Waals surface area (Å²) in [5.41, 5.74) is 6.36. The molecule has 116 valence electrons. The van der Waals surface area contributed by atoms with Gasteiger partial charge in [0.1, 0.15) is 0 Å². The van der Waals surface area contributed by atoms with Gasteiger partial charge in [0.25, 0.3) is 5.91 Å². The van der Waals surface area contributed by atoms with Crippen LogP contribution in [0.25, 0.3) is 10.9 Å². The molecule has 0 fully saturated rings. The summed E-state index contributed by atoms with van der Waals surface area (Å²) in [5, 5.41) is 5.24. The molecule has 3 aromatic rings. The fourth-order valence-corrected chi connectivity index (χ4v) is 2.75. The number of carbonyl (C=O) groups is 1. The maximum atomic E-state index is 12.0. The molecule has 0 spiro atoms. The van der Waals surface area contributed by atoms with Crippen LogP contribution in [0, 0.1) is 6.92 Å². The lowest BCUT2D eigenvalue weighted by Crippen LogP contribution is -2.17. The Morgan fingerprint density at radius 3 is 2.87 bits per heavy atom. The predicted octanol–water partition coefficient (Wildman–Crippen LogP) is 3.13. The van der Waals surface area contributed by atoms with Crippen LogP contribution in [0.3, 0.4) is 0 Å². The lowest BCUT2D eigenvalue weighted by Gasteiger charge is -2.03. The van der Waals surface area contributed by atoms with E-state index in [4.69, 9.17) is 0 Å². The van der Waals surface area contributed by atoms with Crippen LogP contribution in [0.2, 0.25) is 0 Å². The van der Waals surface area contributed by atoms with Gasteiger partial charge in [-0.1, -0.05) is 18.2 Å². The maximum absolute atomic E-state index is 12.0. The number of carbonyl (C=O) groups excluding carboxylic acids is 1. The van der Waals surface area contributed by atoms with Gasteiger partial charge in [0.2, 0.25) is 0 Å². The zero-order valence-corrected chi connectivity index (χ0v) is 13.2. The van der Waals surface area contributed by atoms with E-state index in [9.17, 15) is 4.79 Å². The van der Waals surface area contributed by atoms with Gasteiger partial charge >= 0.3 is 0 Å². The molecular weight excluding hydrogens is 288 g/mol. The minimum Gasteiger partial charge on any atom is -0.344 e. The normalized spacial score (nSPS) is 11.2. The molecule has 0 saturated heterocycles. The highest BCUT2D eigenvalue weighted by Crippen LogP contribution is 2.24. The SMILES string of the molecule is CCn1c(C)c(C=NNC(=O)c2cccnc2)c2ccccc21. The van der Waals surface area contributed by atoms with Crippen molar-refractivity contribution < 1.29 is 4.79 Å². The summed E-state index contributed by atoms with van der Waals surface area (Å²) in [4.78, 5) is 15.9. The van der Waals surface area contributed by atoms with Gasteiger partial charge in [0.15, 0.2) is 0 Å². The molecule has 1 N–H and O–H groups in total. The van der Waals surface area contributed by atoms with Gasteiger partial charge in [-0.2, -0.15) is 5.10 Å². The molecule has 23 heavy (non-hydrogen) atoms. The number of nitrogens with zero attached hydrogens (tertiary/aromatic N) is 3. The molecule has 2 aromatic heterocycles. The number of hydrogen-bond donors (Lipinski definition) is 1. The van der Waals surface area contributed by atoms with E-state index in [1.54, 1.807) is 24.5 Å². The van der Waals surface area contributed by atoms with E-state index in [-0.39, 0.29) is 5.91 Å². The van der Waals surface area contributed by atoms with Crippen molar-refractivity contribution in [2.24, 2.45) is 5.10 Å². The molecule has 0 radical (unpaired) electrons. The van der Waals surface area contributed by atoms with Crippen molar-refractivity contribution in [3.05, 3.63) is 65.6 Å². The van der Waals surface area contributed by atoms with E-state index < -0.39 is 0 Å². The zero-order chi connectivity index (χ0) is 16.2. The number of aromatic nitrogens is 2. The lowest BCUT2D eigenvalue weighted by molar-refractivity contribution is 0.0955. The highest BCUT2D eigenvalue weighted by atomic mass is 16.2. The van der Waals surface area contributed by atoms with Gasteiger partial charge in [0.05, 0.1) is 11.8 Å². The van der Waals surface area contributed by atoms with Crippen LogP contribution in [0.1, 0.15) is 28.5 Å². The summed E-state index contributed by atoms with van der Waals surface area (Å²) in [5.74, 6) is -0.272. The van der Waals surface area contributed by atoms with Crippen LogP contribution in [0.5, 0.6) is 0 Å². The van der Waals surface area contributed by atoms with Crippen molar-refractivity contribution in [3.8, 4) is 0 Å². The number of rotatable bonds is 4. The van der Waals surface area contributed by atoms with Crippen LogP contribution >= 0.6 is 0 Å². The number of hydrogen-bond acceptors (Lipinski definition) is 3. The van der Waals surface area contributed by atoms with Gasteiger partial charge in [0, 0.05) is 41.1 Å². The summed E-state index contributed by atoms with van der Waals surface area (Å²) in [6.07, 6.45) is 4.85. The molecule has 3 rings (SSSR count).